The molecular formula is C43H64ClNO4. The molecule has 6 heteroatoms. The number of amides is 1. The first-order valence-corrected chi connectivity index (χ1v) is 19.9. The molecular weight excluding hydrogens is 630 g/mol. The van der Waals surface area contributed by atoms with E-state index in [4.69, 9.17) is 11.6 Å². The number of rotatable bonds is 9. The number of unbranched alkanes of at least 4 members (excludes halogenated alkanes) is 1. The number of aliphatic hydroxyl groups is 1. The molecule has 1 unspecified atom stereocenters. The summed E-state index contributed by atoms with van der Waals surface area (Å²) in [7, 11) is 0. The Morgan fingerprint density at radius 1 is 0.898 bits per heavy atom. The van der Waals surface area contributed by atoms with Crippen molar-refractivity contribution in [1.29, 1.82) is 0 Å². The highest BCUT2D eigenvalue weighted by Gasteiger charge is 2.68. The van der Waals surface area contributed by atoms with Gasteiger partial charge in [0.1, 0.15) is 6.04 Å². The predicted octanol–water partition coefficient (Wildman–Crippen LogP) is 10.2. The highest BCUT2D eigenvalue weighted by atomic mass is 35.5. The van der Waals surface area contributed by atoms with Gasteiger partial charge in [-0.2, -0.15) is 0 Å². The number of allylic oxidation sites excluding steroid dienone is 2. The summed E-state index contributed by atoms with van der Waals surface area (Å²) < 4.78 is 0. The molecule has 5 aliphatic carbocycles. The zero-order valence-electron chi connectivity index (χ0n) is 31.5. The Balaban J connectivity index is 1.16. The van der Waals surface area contributed by atoms with Crippen molar-refractivity contribution in [3.05, 3.63) is 46.5 Å². The molecule has 0 radical (unpaired) electrons. The smallest absolute Gasteiger partial charge is 0.326 e. The number of carbonyl (C=O) groups is 2. The number of halogens is 1. The number of fused-ring (bicyclic) bond motifs is 7. The van der Waals surface area contributed by atoms with E-state index < -0.39 is 12.0 Å². The summed E-state index contributed by atoms with van der Waals surface area (Å²) in [6, 6.07) is 6.19. The SMILES string of the molecule is CC1(C)CC[C@]2(CCCCC(=O)NC(Cc3ccc(Cl)cc3)C(=O)O)CC[C@]3(C)C(=CC[C@@H]4[C@@]5(C)CC[C@H](O)C(C)(C)[C@@H]5CC[C@]43C)[C@@H]2C1. The van der Waals surface area contributed by atoms with Crippen LogP contribution in [0.2, 0.25) is 5.02 Å². The van der Waals surface area contributed by atoms with Crippen LogP contribution in [0.25, 0.3) is 0 Å². The van der Waals surface area contributed by atoms with Crippen LogP contribution in [0.4, 0.5) is 0 Å². The van der Waals surface area contributed by atoms with Crippen LogP contribution >= 0.6 is 11.6 Å². The third kappa shape index (κ3) is 6.34. The highest BCUT2D eigenvalue weighted by molar-refractivity contribution is 6.30. The van der Waals surface area contributed by atoms with Gasteiger partial charge in [-0.25, -0.2) is 4.79 Å². The fourth-order valence-corrected chi connectivity index (χ4v) is 13.0. The van der Waals surface area contributed by atoms with E-state index in [0.29, 0.717) is 34.6 Å². The van der Waals surface area contributed by atoms with Crippen molar-refractivity contribution in [2.75, 3.05) is 0 Å². The summed E-state index contributed by atoms with van der Waals surface area (Å²) in [6.45, 7) is 17.5. The Morgan fingerprint density at radius 2 is 1.59 bits per heavy atom. The van der Waals surface area contributed by atoms with Crippen molar-refractivity contribution < 1.29 is 19.8 Å². The molecule has 4 saturated carbocycles. The first-order valence-electron chi connectivity index (χ1n) is 19.5. The standard InChI is InChI=1S/C43H64ClNO4/c1-38(2)22-24-43(19-9-8-10-36(47)45-32(37(48)49)26-28-11-13-29(44)14-12-28)25-23-41(6)30(31(43)27-38)15-16-34-40(5)20-18-35(46)39(3,4)33(40)17-21-42(34,41)7/h11-15,31-35,46H,8-10,16-27H2,1-7H3,(H,45,47)(H,48,49)/t31-,32?,33-,34+,35-,40-,41+,42+,43+/m0/s1. The average Bonchev–Trinajstić information content (AvgIpc) is 3.02. The van der Waals surface area contributed by atoms with Gasteiger partial charge in [0.05, 0.1) is 6.10 Å². The number of hydrogen-bond acceptors (Lipinski definition) is 3. The van der Waals surface area contributed by atoms with Crippen molar-refractivity contribution in [3.63, 3.8) is 0 Å². The number of aliphatic carboxylic acids is 1. The summed E-state index contributed by atoms with van der Waals surface area (Å²) in [4.78, 5) is 25.0. The minimum Gasteiger partial charge on any atom is -0.480 e. The molecule has 1 amide bonds. The van der Waals surface area contributed by atoms with Gasteiger partial charge in [-0.05, 0) is 145 Å². The van der Waals surface area contributed by atoms with Gasteiger partial charge >= 0.3 is 5.97 Å². The normalized spacial score (nSPS) is 39.7. The Bertz CT molecular complexity index is 1450. The van der Waals surface area contributed by atoms with E-state index in [1.54, 1.807) is 17.7 Å². The number of carboxylic acids is 1. The third-order valence-corrected chi connectivity index (χ3v) is 16.4. The first kappa shape index (κ1) is 36.9. The number of hydrogen-bond donors (Lipinski definition) is 3. The second kappa shape index (κ2) is 13.0. The Morgan fingerprint density at radius 3 is 2.29 bits per heavy atom. The minimum absolute atomic E-state index is 0.0313. The van der Waals surface area contributed by atoms with Crippen LogP contribution in [0.3, 0.4) is 0 Å². The van der Waals surface area contributed by atoms with Gasteiger partial charge in [-0.1, -0.05) is 90.3 Å². The van der Waals surface area contributed by atoms with E-state index in [0.717, 1.165) is 37.7 Å². The highest BCUT2D eigenvalue weighted by Crippen LogP contribution is 2.76. The summed E-state index contributed by atoms with van der Waals surface area (Å²) in [5.74, 6) is 0.623. The molecule has 0 heterocycles. The number of aliphatic hydroxyl groups excluding tert-OH is 1. The quantitative estimate of drug-likeness (QED) is 0.177. The van der Waals surface area contributed by atoms with E-state index in [2.05, 4.69) is 59.9 Å². The zero-order valence-corrected chi connectivity index (χ0v) is 32.2. The Labute approximate surface area is 301 Å². The van der Waals surface area contributed by atoms with Gasteiger partial charge in [-0.15, -0.1) is 0 Å². The van der Waals surface area contributed by atoms with Gasteiger partial charge in [0.15, 0.2) is 0 Å². The molecule has 3 N–H and O–H groups in total. The van der Waals surface area contributed by atoms with Crippen LogP contribution in [0.15, 0.2) is 35.9 Å². The Kier molecular flexibility index (Phi) is 9.78. The zero-order chi connectivity index (χ0) is 35.6. The molecule has 0 aromatic heterocycles. The molecule has 0 aliphatic heterocycles. The monoisotopic (exact) mass is 693 g/mol. The lowest BCUT2D eigenvalue weighted by atomic mass is 9.33. The van der Waals surface area contributed by atoms with E-state index in [1.807, 2.05) is 12.1 Å². The van der Waals surface area contributed by atoms with E-state index in [9.17, 15) is 19.8 Å². The molecule has 1 aromatic carbocycles. The van der Waals surface area contributed by atoms with E-state index >= 15 is 0 Å². The molecule has 49 heavy (non-hydrogen) atoms. The van der Waals surface area contributed by atoms with E-state index in [-0.39, 0.29) is 45.5 Å². The summed E-state index contributed by atoms with van der Waals surface area (Å²) in [6.07, 6.45) is 18.1. The molecule has 5 nitrogen and oxygen atoms in total. The first-order chi connectivity index (χ1) is 22.9. The molecule has 272 valence electrons. The lowest BCUT2D eigenvalue weighted by Crippen LogP contribution is -2.64. The summed E-state index contributed by atoms with van der Waals surface area (Å²) in [5.41, 5.74) is 3.91. The van der Waals surface area contributed by atoms with Crippen molar-refractivity contribution in [3.8, 4) is 0 Å². The van der Waals surface area contributed by atoms with Gasteiger partial charge in [0.25, 0.3) is 0 Å². The van der Waals surface area contributed by atoms with Crippen molar-refractivity contribution in [1.82, 2.24) is 5.32 Å². The van der Waals surface area contributed by atoms with Gasteiger partial charge in [0, 0.05) is 17.9 Å². The Hall–Kier alpha value is -1.85. The molecule has 1 aromatic rings. The van der Waals surface area contributed by atoms with Crippen molar-refractivity contribution >= 4 is 23.5 Å². The lowest BCUT2D eigenvalue weighted by Gasteiger charge is -2.71. The van der Waals surface area contributed by atoms with Gasteiger partial charge < -0.3 is 15.5 Å². The number of carbonyl (C=O) groups excluding carboxylic acids is 1. The maximum Gasteiger partial charge on any atom is 0.326 e. The van der Waals surface area contributed by atoms with Crippen LogP contribution in [0.5, 0.6) is 0 Å². The molecule has 0 spiro atoms. The van der Waals surface area contributed by atoms with Crippen molar-refractivity contribution in [2.45, 2.75) is 157 Å². The van der Waals surface area contributed by atoms with Crippen LogP contribution < -0.4 is 5.32 Å². The fourth-order valence-electron chi connectivity index (χ4n) is 12.9. The molecule has 4 fully saturated rings. The largest absolute Gasteiger partial charge is 0.480 e. The second-order valence-electron chi connectivity index (χ2n) is 19.4. The molecule has 5 aliphatic rings. The van der Waals surface area contributed by atoms with Crippen LogP contribution in [-0.4, -0.2) is 34.2 Å². The fraction of sp³-hybridized carbons (Fsp3) is 0.767. The van der Waals surface area contributed by atoms with Gasteiger partial charge in [0.2, 0.25) is 5.91 Å². The molecule has 0 bridgehead atoms. The molecule has 9 atom stereocenters. The third-order valence-electron chi connectivity index (χ3n) is 16.1. The number of carboxylic acid groups (broad SMARTS) is 1. The topological polar surface area (TPSA) is 86.6 Å². The van der Waals surface area contributed by atoms with Crippen molar-refractivity contribution in [2.24, 2.45) is 50.2 Å². The second-order valence-corrected chi connectivity index (χ2v) is 19.9. The van der Waals surface area contributed by atoms with Crippen LogP contribution in [-0.2, 0) is 16.0 Å². The maximum absolute atomic E-state index is 13.0. The molecule has 0 saturated heterocycles. The van der Waals surface area contributed by atoms with Gasteiger partial charge in [-0.3, -0.25) is 4.79 Å². The minimum atomic E-state index is -1.01. The summed E-state index contributed by atoms with van der Waals surface area (Å²) in [5, 5.41) is 24.3. The average molecular weight is 694 g/mol. The predicted molar refractivity (Wildman–Crippen MR) is 198 cm³/mol. The van der Waals surface area contributed by atoms with Crippen LogP contribution in [0, 0.1) is 50.2 Å². The summed E-state index contributed by atoms with van der Waals surface area (Å²) >= 11 is 6.00. The lowest BCUT2D eigenvalue weighted by molar-refractivity contribution is -0.203. The number of benzene rings is 1. The molecule has 6 rings (SSSR count). The maximum atomic E-state index is 13.0. The number of nitrogens with one attached hydrogen (secondary N) is 1. The van der Waals surface area contributed by atoms with Crippen LogP contribution in [0.1, 0.15) is 144 Å². The van der Waals surface area contributed by atoms with E-state index in [1.165, 1.54) is 51.4 Å².